The van der Waals surface area contributed by atoms with Crippen LogP contribution >= 0.6 is 0 Å². The molecular weight excluding hydrogens is 298 g/mol. The molecule has 0 bridgehead atoms. The molecule has 2 rings (SSSR count). The van der Waals surface area contributed by atoms with E-state index in [1.807, 2.05) is 0 Å². The summed E-state index contributed by atoms with van der Waals surface area (Å²) in [7, 11) is 0. The molecule has 0 fully saturated rings. The molecule has 0 saturated carbocycles. The van der Waals surface area contributed by atoms with Crippen molar-refractivity contribution >= 4 is 0 Å². The van der Waals surface area contributed by atoms with Crippen LogP contribution in [-0.2, 0) is 19.6 Å². The zero-order valence-corrected chi connectivity index (χ0v) is 15.5. The van der Waals surface area contributed by atoms with Crippen LogP contribution in [0.5, 0.6) is 0 Å². The largest absolute Gasteiger partial charge is 0.392 e. The highest BCUT2D eigenvalue weighted by molar-refractivity contribution is 5.41. The van der Waals surface area contributed by atoms with Crippen LogP contribution in [0.15, 0.2) is 24.3 Å². The van der Waals surface area contributed by atoms with Crippen molar-refractivity contribution in [3.05, 3.63) is 46.5 Å². The number of aliphatic hydroxyl groups is 2. The van der Waals surface area contributed by atoms with Gasteiger partial charge in [-0.2, -0.15) is 0 Å². The minimum atomic E-state index is -0.00366. The van der Waals surface area contributed by atoms with Gasteiger partial charge >= 0.3 is 0 Å². The van der Waals surface area contributed by atoms with Gasteiger partial charge in [0, 0.05) is 12.6 Å². The molecule has 1 aromatic rings. The maximum Gasteiger partial charge on any atom is 0.0685 e. The van der Waals surface area contributed by atoms with E-state index in [0.29, 0.717) is 12.0 Å². The van der Waals surface area contributed by atoms with E-state index in [1.165, 1.54) is 11.1 Å². The van der Waals surface area contributed by atoms with Crippen LogP contribution in [0.1, 0.15) is 68.3 Å². The van der Waals surface area contributed by atoms with Crippen molar-refractivity contribution in [2.24, 2.45) is 5.92 Å². The Bertz CT molecular complexity index is 551. The second-order valence-electron chi connectivity index (χ2n) is 7.21. The van der Waals surface area contributed by atoms with Crippen LogP contribution in [0.25, 0.3) is 0 Å². The van der Waals surface area contributed by atoms with Crippen LogP contribution in [0.3, 0.4) is 0 Å². The Morgan fingerprint density at radius 2 is 1.88 bits per heavy atom. The lowest BCUT2D eigenvalue weighted by atomic mass is 9.86. The average molecular weight is 332 g/mol. The fourth-order valence-corrected chi connectivity index (χ4v) is 3.65. The third-order valence-electron chi connectivity index (χ3n) is 5.06. The predicted octanol–water partition coefficient (Wildman–Crippen LogP) is 3.97. The number of fused-ring (bicyclic) bond motifs is 1. The number of likely N-dealkylation sites (N-methyl/N-ethyl adjacent to an activating group) is 1. The maximum absolute atomic E-state index is 9.62. The summed E-state index contributed by atoms with van der Waals surface area (Å²) in [6.07, 6.45) is 8.99. The fraction of sp³-hybridized carbons (Fsp3) is 0.619. The van der Waals surface area contributed by atoms with Gasteiger partial charge in [-0.05, 0) is 60.4 Å². The normalized spacial score (nSPS) is 18.5. The van der Waals surface area contributed by atoms with Crippen molar-refractivity contribution in [2.75, 3.05) is 13.1 Å². The molecule has 1 aliphatic rings. The fourth-order valence-electron chi connectivity index (χ4n) is 3.65. The molecule has 2 N–H and O–H groups in total. The van der Waals surface area contributed by atoms with Gasteiger partial charge in [0.1, 0.15) is 0 Å². The molecule has 0 unspecified atom stereocenters. The lowest BCUT2D eigenvalue weighted by Gasteiger charge is -2.37. The summed E-state index contributed by atoms with van der Waals surface area (Å²) in [5.74, 6) is 0.716. The Kier molecular flexibility index (Phi) is 7.47. The summed E-state index contributed by atoms with van der Waals surface area (Å²) >= 11 is 0. The first kappa shape index (κ1) is 19.2. The van der Waals surface area contributed by atoms with Crippen molar-refractivity contribution in [1.82, 2.24) is 4.90 Å². The van der Waals surface area contributed by atoms with Crippen LogP contribution in [0, 0.1) is 5.92 Å². The lowest BCUT2D eigenvalue weighted by molar-refractivity contribution is 0.185. The van der Waals surface area contributed by atoms with Gasteiger partial charge in [-0.15, -0.1) is 0 Å². The topological polar surface area (TPSA) is 43.7 Å². The molecule has 0 saturated heterocycles. The molecule has 1 aromatic carbocycles. The average Bonchev–Trinajstić information content (AvgIpc) is 2.59. The molecule has 0 spiro atoms. The Morgan fingerprint density at radius 3 is 2.50 bits per heavy atom. The van der Waals surface area contributed by atoms with E-state index in [0.717, 1.165) is 49.9 Å². The van der Waals surface area contributed by atoms with Crippen LogP contribution < -0.4 is 0 Å². The molecule has 1 atom stereocenters. The van der Waals surface area contributed by atoms with Gasteiger partial charge in [0.15, 0.2) is 0 Å². The van der Waals surface area contributed by atoms with Gasteiger partial charge in [-0.3, -0.25) is 4.90 Å². The zero-order valence-electron chi connectivity index (χ0n) is 15.5. The number of benzene rings is 1. The molecule has 0 radical (unpaired) electrons. The SMILES string of the molecule is CCN1CCc2cc(CO)c(CO)cc2[C@H]1CC/C=C/CC(C)C. The number of nitrogens with zero attached hydrogens (tertiary/aromatic N) is 1. The lowest BCUT2D eigenvalue weighted by Crippen LogP contribution is -2.35. The third-order valence-corrected chi connectivity index (χ3v) is 5.06. The molecule has 3 nitrogen and oxygen atoms in total. The van der Waals surface area contributed by atoms with Gasteiger partial charge in [0.25, 0.3) is 0 Å². The standard InChI is InChI=1S/C21H33NO2/c1-4-22-11-10-17-12-18(14-23)19(15-24)13-20(17)21(22)9-7-5-6-8-16(2)3/h5-6,12-13,16,21,23-24H,4,7-11,14-15H2,1-3H3/b6-5+/t21-/m1/s1. The summed E-state index contributed by atoms with van der Waals surface area (Å²) < 4.78 is 0. The second-order valence-corrected chi connectivity index (χ2v) is 7.21. The molecular formula is C21H33NO2. The van der Waals surface area contributed by atoms with E-state index in [9.17, 15) is 10.2 Å². The van der Waals surface area contributed by atoms with E-state index >= 15 is 0 Å². The molecule has 0 aromatic heterocycles. The van der Waals surface area contributed by atoms with Crippen molar-refractivity contribution < 1.29 is 10.2 Å². The number of rotatable bonds is 8. The number of aliphatic hydroxyl groups excluding tert-OH is 2. The van der Waals surface area contributed by atoms with Crippen LogP contribution in [-0.4, -0.2) is 28.2 Å². The summed E-state index contributed by atoms with van der Waals surface area (Å²) in [5.41, 5.74) is 4.44. The van der Waals surface area contributed by atoms with Gasteiger partial charge in [0.05, 0.1) is 13.2 Å². The summed E-state index contributed by atoms with van der Waals surface area (Å²) in [5, 5.41) is 19.2. The van der Waals surface area contributed by atoms with E-state index in [2.05, 4.69) is 50.0 Å². The first-order valence-electron chi connectivity index (χ1n) is 9.36. The molecule has 134 valence electrons. The maximum atomic E-state index is 9.62. The number of hydrogen-bond donors (Lipinski definition) is 2. The predicted molar refractivity (Wildman–Crippen MR) is 99.8 cm³/mol. The van der Waals surface area contributed by atoms with Gasteiger partial charge in [-0.25, -0.2) is 0 Å². The van der Waals surface area contributed by atoms with E-state index < -0.39 is 0 Å². The summed E-state index contributed by atoms with van der Waals surface area (Å²) in [6, 6.07) is 4.65. The summed E-state index contributed by atoms with van der Waals surface area (Å²) in [6.45, 7) is 8.84. The second kappa shape index (κ2) is 9.36. The van der Waals surface area contributed by atoms with Crippen molar-refractivity contribution in [3.63, 3.8) is 0 Å². The third kappa shape index (κ3) is 4.69. The van der Waals surface area contributed by atoms with Gasteiger partial charge < -0.3 is 10.2 Å². The first-order chi connectivity index (χ1) is 11.6. The molecule has 1 heterocycles. The Labute approximate surface area is 147 Å². The molecule has 0 aliphatic carbocycles. The molecule has 3 heteroatoms. The van der Waals surface area contributed by atoms with E-state index in [4.69, 9.17) is 0 Å². The van der Waals surface area contributed by atoms with E-state index in [-0.39, 0.29) is 13.2 Å². The Hall–Kier alpha value is -1.16. The quantitative estimate of drug-likeness (QED) is 0.708. The smallest absolute Gasteiger partial charge is 0.0685 e. The molecule has 24 heavy (non-hydrogen) atoms. The van der Waals surface area contributed by atoms with Crippen LogP contribution in [0.2, 0.25) is 0 Å². The van der Waals surface area contributed by atoms with Crippen LogP contribution in [0.4, 0.5) is 0 Å². The number of hydrogen-bond acceptors (Lipinski definition) is 3. The minimum absolute atomic E-state index is 0.00325. The van der Waals surface area contributed by atoms with Gasteiger partial charge in [-0.1, -0.05) is 45.1 Å². The zero-order chi connectivity index (χ0) is 17.5. The van der Waals surface area contributed by atoms with Crippen molar-refractivity contribution in [1.29, 1.82) is 0 Å². The Morgan fingerprint density at radius 1 is 1.17 bits per heavy atom. The molecule has 0 amide bonds. The van der Waals surface area contributed by atoms with Gasteiger partial charge in [0.2, 0.25) is 0 Å². The minimum Gasteiger partial charge on any atom is -0.392 e. The van der Waals surface area contributed by atoms with Crippen molar-refractivity contribution in [2.45, 2.75) is 65.7 Å². The first-order valence-corrected chi connectivity index (χ1v) is 9.36. The highest BCUT2D eigenvalue weighted by Gasteiger charge is 2.26. The number of allylic oxidation sites excluding steroid dienone is 2. The molecule has 1 aliphatic heterocycles. The highest BCUT2D eigenvalue weighted by Crippen LogP contribution is 2.35. The summed E-state index contributed by atoms with van der Waals surface area (Å²) in [4.78, 5) is 2.54. The Balaban J connectivity index is 2.18. The monoisotopic (exact) mass is 331 g/mol. The van der Waals surface area contributed by atoms with E-state index in [1.54, 1.807) is 0 Å². The highest BCUT2D eigenvalue weighted by atomic mass is 16.3. The van der Waals surface area contributed by atoms with Crippen molar-refractivity contribution in [3.8, 4) is 0 Å².